The molecule has 4 heterocycles. The van der Waals surface area contributed by atoms with Gasteiger partial charge in [-0.15, -0.1) is 0 Å². The molecule has 4 rings (SSSR count). The van der Waals surface area contributed by atoms with Gasteiger partial charge in [0, 0.05) is 50.7 Å². The van der Waals surface area contributed by atoms with Crippen molar-refractivity contribution in [2.75, 3.05) is 31.1 Å². The van der Waals surface area contributed by atoms with Gasteiger partial charge in [0.2, 0.25) is 0 Å². The van der Waals surface area contributed by atoms with Crippen LogP contribution in [0.15, 0.2) is 30.6 Å². The van der Waals surface area contributed by atoms with Crippen molar-refractivity contribution in [2.45, 2.75) is 24.7 Å². The third kappa shape index (κ3) is 3.81. The molecule has 0 spiro atoms. The number of nitrogens with zero attached hydrogens (tertiary/aromatic N) is 3. The Morgan fingerprint density at radius 1 is 1.36 bits per heavy atom. The normalized spacial score (nSPS) is 24.4. The summed E-state index contributed by atoms with van der Waals surface area (Å²) >= 11 is 5.83. The molecule has 3 atom stereocenters. The highest BCUT2D eigenvalue weighted by Crippen LogP contribution is 2.32. The fraction of sp³-hybridized carbons (Fsp3) is 0.444. The Balaban J connectivity index is 1.43. The van der Waals surface area contributed by atoms with Crippen LogP contribution in [0.25, 0.3) is 0 Å². The summed E-state index contributed by atoms with van der Waals surface area (Å²) in [7, 11) is 0. The number of piperazine rings is 1. The first-order chi connectivity index (χ1) is 13.3. The summed E-state index contributed by atoms with van der Waals surface area (Å²) in [6, 6.07) is 4.32. The van der Waals surface area contributed by atoms with Gasteiger partial charge in [-0.1, -0.05) is 11.6 Å². The van der Waals surface area contributed by atoms with E-state index in [4.69, 9.17) is 11.6 Å². The number of pyridine rings is 1. The van der Waals surface area contributed by atoms with Crippen LogP contribution < -0.4 is 10.2 Å². The molecule has 2 aliphatic heterocycles. The number of hydrogen-bond acceptors (Lipinski definition) is 4. The minimum Gasteiger partial charge on any atom is -0.356 e. The average molecular weight is 414 g/mol. The largest absolute Gasteiger partial charge is 0.417 e. The molecule has 2 N–H and O–H groups in total. The minimum atomic E-state index is -4.40. The molecular formula is C18H19ClF3N5O. The summed E-state index contributed by atoms with van der Waals surface area (Å²) in [5.74, 6) is 0.291. The van der Waals surface area contributed by atoms with E-state index >= 15 is 0 Å². The van der Waals surface area contributed by atoms with E-state index in [0.29, 0.717) is 29.6 Å². The van der Waals surface area contributed by atoms with Crippen molar-refractivity contribution in [3.05, 3.63) is 46.9 Å². The van der Waals surface area contributed by atoms with E-state index in [9.17, 15) is 18.0 Å². The van der Waals surface area contributed by atoms with Gasteiger partial charge in [-0.2, -0.15) is 13.2 Å². The topological polar surface area (TPSA) is 64.3 Å². The fourth-order valence-electron chi connectivity index (χ4n) is 3.85. The smallest absolute Gasteiger partial charge is 0.356 e. The molecule has 0 aromatic carbocycles. The molecular weight excluding hydrogens is 395 g/mol. The Morgan fingerprint density at radius 3 is 2.82 bits per heavy atom. The number of carbonyl (C=O) groups excluding carboxylic acids is 1. The SMILES string of the molecule is O=C(NC[C@H]1CN(c2ccc(C(F)(F)F)cn2)[C@H]2CCN1C2)c1cc(Cl)c[nH]1. The van der Waals surface area contributed by atoms with Gasteiger partial charge in [0.25, 0.3) is 5.91 Å². The van der Waals surface area contributed by atoms with Crippen LogP contribution in [-0.2, 0) is 6.18 Å². The highest BCUT2D eigenvalue weighted by atomic mass is 35.5. The molecule has 2 fully saturated rings. The number of H-pyrrole nitrogens is 1. The number of carbonyl (C=O) groups is 1. The van der Waals surface area contributed by atoms with E-state index in [1.54, 1.807) is 12.3 Å². The molecule has 1 amide bonds. The summed E-state index contributed by atoms with van der Waals surface area (Å²) in [6.45, 7) is 2.71. The molecule has 10 heteroatoms. The number of nitrogens with one attached hydrogen (secondary N) is 2. The first-order valence-electron chi connectivity index (χ1n) is 8.97. The molecule has 2 aromatic rings. The van der Waals surface area contributed by atoms with Gasteiger partial charge in [0.1, 0.15) is 11.5 Å². The molecule has 28 heavy (non-hydrogen) atoms. The second-order valence-electron chi connectivity index (χ2n) is 7.09. The van der Waals surface area contributed by atoms with E-state index in [0.717, 1.165) is 31.8 Å². The minimum absolute atomic E-state index is 0.0530. The number of rotatable bonds is 4. The Hall–Kier alpha value is -2.26. The lowest BCUT2D eigenvalue weighted by Gasteiger charge is -2.41. The van der Waals surface area contributed by atoms with Crippen LogP contribution in [-0.4, -0.2) is 59.0 Å². The van der Waals surface area contributed by atoms with E-state index in [-0.39, 0.29) is 18.0 Å². The van der Waals surface area contributed by atoms with Crippen molar-refractivity contribution in [2.24, 2.45) is 0 Å². The van der Waals surface area contributed by atoms with E-state index in [1.165, 1.54) is 6.07 Å². The number of aromatic amines is 1. The summed E-state index contributed by atoms with van der Waals surface area (Å²) in [4.78, 5) is 23.4. The van der Waals surface area contributed by atoms with Gasteiger partial charge in [-0.3, -0.25) is 9.69 Å². The van der Waals surface area contributed by atoms with Gasteiger partial charge in [-0.25, -0.2) is 4.98 Å². The zero-order valence-electron chi connectivity index (χ0n) is 14.8. The van der Waals surface area contributed by atoms with Crippen LogP contribution >= 0.6 is 11.6 Å². The van der Waals surface area contributed by atoms with Crippen LogP contribution in [0.1, 0.15) is 22.5 Å². The summed E-state index contributed by atoms with van der Waals surface area (Å²) < 4.78 is 38.3. The summed E-state index contributed by atoms with van der Waals surface area (Å²) in [5.41, 5.74) is -0.365. The predicted molar refractivity (Wildman–Crippen MR) is 98.5 cm³/mol. The molecule has 0 aliphatic carbocycles. The van der Waals surface area contributed by atoms with Crippen molar-refractivity contribution in [1.82, 2.24) is 20.2 Å². The van der Waals surface area contributed by atoms with Crippen LogP contribution in [0, 0.1) is 0 Å². The first kappa shape index (κ1) is 19.1. The van der Waals surface area contributed by atoms with Crippen LogP contribution in [0.3, 0.4) is 0 Å². The molecule has 1 unspecified atom stereocenters. The summed E-state index contributed by atoms with van der Waals surface area (Å²) in [5, 5.41) is 3.36. The highest BCUT2D eigenvalue weighted by Gasteiger charge is 2.39. The lowest BCUT2D eigenvalue weighted by molar-refractivity contribution is -0.137. The third-order valence-corrected chi connectivity index (χ3v) is 5.54. The maximum Gasteiger partial charge on any atom is 0.417 e. The Labute approximate surface area is 164 Å². The first-order valence-corrected chi connectivity index (χ1v) is 9.35. The number of aromatic nitrogens is 2. The van der Waals surface area contributed by atoms with E-state index in [1.807, 2.05) is 4.90 Å². The second-order valence-corrected chi connectivity index (χ2v) is 7.52. The predicted octanol–water partition coefficient (Wildman–Crippen LogP) is 2.77. The van der Waals surface area contributed by atoms with Crippen molar-refractivity contribution in [3.63, 3.8) is 0 Å². The Bertz CT molecular complexity index is 854. The molecule has 150 valence electrons. The van der Waals surface area contributed by atoms with Crippen molar-refractivity contribution < 1.29 is 18.0 Å². The van der Waals surface area contributed by atoms with Gasteiger partial charge >= 0.3 is 6.18 Å². The van der Waals surface area contributed by atoms with Crippen molar-refractivity contribution in [1.29, 1.82) is 0 Å². The Kier molecular flexibility index (Phi) is 4.96. The van der Waals surface area contributed by atoms with Crippen LogP contribution in [0.4, 0.5) is 19.0 Å². The number of hydrogen-bond donors (Lipinski definition) is 2. The van der Waals surface area contributed by atoms with Crippen molar-refractivity contribution >= 4 is 23.3 Å². The average Bonchev–Trinajstić information content (AvgIpc) is 3.28. The number of halogens is 4. The van der Waals surface area contributed by atoms with E-state index < -0.39 is 11.7 Å². The van der Waals surface area contributed by atoms with Crippen LogP contribution in [0.5, 0.6) is 0 Å². The number of fused-ring (bicyclic) bond motifs is 2. The second kappa shape index (κ2) is 7.29. The standard InChI is InChI=1S/C18H19ClF3N5O/c19-12-5-15(23-7-12)17(28)25-8-14-10-27(13-3-4-26(14)9-13)16-2-1-11(6-24-16)18(20,21)22/h1-2,5-7,13-14,23H,3-4,8-10H2,(H,25,28)/t13-,14-/m0/s1. The number of anilines is 1. The Morgan fingerprint density at radius 2 is 2.18 bits per heavy atom. The fourth-order valence-corrected chi connectivity index (χ4v) is 4.01. The van der Waals surface area contributed by atoms with Gasteiger partial charge in [-0.05, 0) is 24.6 Å². The van der Waals surface area contributed by atoms with E-state index in [2.05, 4.69) is 20.2 Å². The maximum atomic E-state index is 12.8. The quantitative estimate of drug-likeness (QED) is 0.809. The lowest BCUT2D eigenvalue weighted by atomic mass is 10.1. The zero-order chi connectivity index (χ0) is 19.9. The van der Waals surface area contributed by atoms with Gasteiger partial charge in [0.15, 0.2) is 0 Å². The lowest BCUT2D eigenvalue weighted by Crippen LogP contribution is -2.56. The molecule has 0 radical (unpaired) electrons. The van der Waals surface area contributed by atoms with Crippen LogP contribution in [0.2, 0.25) is 5.02 Å². The molecule has 2 saturated heterocycles. The maximum absolute atomic E-state index is 12.8. The molecule has 6 nitrogen and oxygen atoms in total. The summed E-state index contributed by atoms with van der Waals surface area (Å²) in [6.07, 6.45) is -1.06. The third-order valence-electron chi connectivity index (χ3n) is 5.32. The number of alkyl halides is 3. The molecule has 2 aliphatic rings. The molecule has 2 aromatic heterocycles. The van der Waals surface area contributed by atoms with Gasteiger partial charge < -0.3 is 15.2 Å². The highest BCUT2D eigenvalue weighted by molar-refractivity contribution is 6.30. The zero-order valence-corrected chi connectivity index (χ0v) is 15.6. The molecule has 0 saturated carbocycles. The monoisotopic (exact) mass is 413 g/mol. The van der Waals surface area contributed by atoms with Crippen molar-refractivity contribution in [3.8, 4) is 0 Å². The molecule has 2 bridgehead atoms. The van der Waals surface area contributed by atoms with Gasteiger partial charge in [0.05, 0.1) is 10.6 Å². The number of amides is 1.